The molecule has 0 radical (unpaired) electrons. The van der Waals surface area contributed by atoms with Crippen molar-refractivity contribution >= 4 is 6.03 Å². The highest BCUT2D eigenvalue weighted by Crippen LogP contribution is 2.19. The largest absolute Gasteiger partial charge is 0.341 e. The lowest BCUT2D eigenvalue weighted by molar-refractivity contribution is -0.0280. The quantitative estimate of drug-likeness (QED) is 0.712. The van der Waals surface area contributed by atoms with Crippen LogP contribution in [0.4, 0.5) is 4.79 Å². The third-order valence-electron chi connectivity index (χ3n) is 3.26. The Bertz CT molecular complexity index is 209. The van der Waals surface area contributed by atoms with Gasteiger partial charge in [-0.1, -0.05) is 19.3 Å². The molecular weight excluding hydrogens is 192 g/mol. The number of likely N-dealkylation sites (tertiary alicyclic amines) is 1. The first-order valence-corrected chi connectivity index (χ1v) is 6.07. The van der Waals surface area contributed by atoms with Gasteiger partial charge in [0.25, 0.3) is 0 Å². The van der Waals surface area contributed by atoms with Gasteiger partial charge in [0, 0.05) is 13.1 Å². The third kappa shape index (κ3) is 3.09. The third-order valence-corrected chi connectivity index (χ3v) is 3.26. The molecule has 2 aliphatic rings. The Morgan fingerprint density at radius 3 is 2.40 bits per heavy atom. The molecule has 0 unspecified atom stereocenters. The van der Waals surface area contributed by atoms with Crippen LogP contribution in [0.2, 0.25) is 0 Å². The molecule has 2 rings (SSSR count). The lowest BCUT2D eigenvalue weighted by Gasteiger charge is -2.23. The van der Waals surface area contributed by atoms with Crippen molar-refractivity contribution in [1.82, 2.24) is 10.4 Å². The first kappa shape index (κ1) is 10.7. The maximum Gasteiger partial charge on any atom is 0.341 e. The maximum absolute atomic E-state index is 11.6. The fraction of sp³-hybridized carbons (Fsp3) is 0.909. The van der Waals surface area contributed by atoms with Crippen LogP contribution in [0, 0.1) is 0 Å². The van der Waals surface area contributed by atoms with E-state index >= 15 is 0 Å². The van der Waals surface area contributed by atoms with Gasteiger partial charge in [0.15, 0.2) is 0 Å². The van der Waals surface area contributed by atoms with E-state index in [-0.39, 0.29) is 12.1 Å². The van der Waals surface area contributed by atoms with Crippen molar-refractivity contribution in [2.75, 3.05) is 13.1 Å². The van der Waals surface area contributed by atoms with Gasteiger partial charge in [0.05, 0.1) is 6.10 Å². The zero-order valence-corrected chi connectivity index (χ0v) is 9.21. The molecule has 1 aliphatic heterocycles. The molecule has 0 aromatic carbocycles. The second-order valence-electron chi connectivity index (χ2n) is 4.48. The number of nitrogens with one attached hydrogen (secondary N) is 1. The standard InChI is InChI=1S/C11H20N2O2/c14-11(13-8-4-5-9-13)12-15-10-6-2-1-3-7-10/h10H,1-9H2,(H,12,14). The molecule has 0 atom stereocenters. The number of urea groups is 1. The number of amides is 2. The van der Waals surface area contributed by atoms with Crippen LogP contribution >= 0.6 is 0 Å². The summed E-state index contributed by atoms with van der Waals surface area (Å²) in [6.45, 7) is 1.75. The molecule has 0 bridgehead atoms. The van der Waals surface area contributed by atoms with E-state index in [1.165, 1.54) is 19.3 Å². The van der Waals surface area contributed by atoms with Gasteiger partial charge in [-0.2, -0.15) is 0 Å². The highest BCUT2D eigenvalue weighted by molar-refractivity contribution is 5.73. The van der Waals surface area contributed by atoms with Gasteiger partial charge in [0.1, 0.15) is 0 Å². The topological polar surface area (TPSA) is 41.6 Å². The van der Waals surface area contributed by atoms with Gasteiger partial charge in [-0.15, -0.1) is 0 Å². The van der Waals surface area contributed by atoms with Crippen molar-refractivity contribution in [3.05, 3.63) is 0 Å². The van der Waals surface area contributed by atoms with Crippen LogP contribution in [0.5, 0.6) is 0 Å². The SMILES string of the molecule is O=C(NOC1CCCCC1)N1CCCC1. The lowest BCUT2D eigenvalue weighted by atomic mass is 9.98. The van der Waals surface area contributed by atoms with Crippen molar-refractivity contribution in [3.63, 3.8) is 0 Å². The van der Waals surface area contributed by atoms with Gasteiger partial charge in [-0.25, -0.2) is 10.3 Å². The van der Waals surface area contributed by atoms with Gasteiger partial charge in [-0.05, 0) is 25.7 Å². The van der Waals surface area contributed by atoms with E-state index in [4.69, 9.17) is 4.84 Å². The Hall–Kier alpha value is -0.770. The minimum atomic E-state index is -0.0573. The Labute approximate surface area is 90.9 Å². The molecule has 1 heterocycles. The molecule has 1 aliphatic carbocycles. The van der Waals surface area contributed by atoms with Gasteiger partial charge in [-0.3, -0.25) is 4.84 Å². The first-order chi connectivity index (χ1) is 7.36. The van der Waals surface area contributed by atoms with Gasteiger partial charge < -0.3 is 4.90 Å². The number of carbonyl (C=O) groups is 1. The Kier molecular flexibility index (Phi) is 3.83. The van der Waals surface area contributed by atoms with Crippen LogP contribution in [0.15, 0.2) is 0 Å². The average Bonchev–Trinajstić information content (AvgIpc) is 2.81. The molecule has 0 spiro atoms. The summed E-state index contributed by atoms with van der Waals surface area (Å²) in [5, 5.41) is 0. The highest BCUT2D eigenvalue weighted by atomic mass is 16.7. The molecular formula is C11H20N2O2. The molecule has 4 heteroatoms. The Balaban J connectivity index is 1.65. The zero-order valence-electron chi connectivity index (χ0n) is 9.21. The zero-order chi connectivity index (χ0) is 10.5. The van der Waals surface area contributed by atoms with Crippen molar-refractivity contribution < 1.29 is 9.63 Å². The number of hydroxylamine groups is 1. The molecule has 1 saturated carbocycles. The number of nitrogens with zero attached hydrogens (tertiary/aromatic N) is 1. The summed E-state index contributed by atoms with van der Waals surface area (Å²) < 4.78 is 0. The van der Waals surface area contributed by atoms with E-state index in [1.807, 2.05) is 4.90 Å². The van der Waals surface area contributed by atoms with E-state index in [9.17, 15) is 4.79 Å². The van der Waals surface area contributed by atoms with Crippen molar-refractivity contribution in [3.8, 4) is 0 Å². The van der Waals surface area contributed by atoms with E-state index in [2.05, 4.69) is 5.48 Å². The molecule has 0 aromatic rings. The Morgan fingerprint density at radius 2 is 1.73 bits per heavy atom. The molecule has 4 nitrogen and oxygen atoms in total. The van der Waals surface area contributed by atoms with Crippen LogP contribution in [0.3, 0.4) is 0 Å². The normalized spacial score (nSPS) is 23.1. The number of rotatable bonds is 2. The summed E-state index contributed by atoms with van der Waals surface area (Å²) in [6, 6.07) is -0.0573. The summed E-state index contributed by atoms with van der Waals surface area (Å²) in [4.78, 5) is 18.8. The molecule has 2 fully saturated rings. The van der Waals surface area contributed by atoms with E-state index in [1.54, 1.807) is 0 Å². The Morgan fingerprint density at radius 1 is 1.07 bits per heavy atom. The summed E-state index contributed by atoms with van der Waals surface area (Å²) in [6.07, 6.45) is 8.41. The average molecular weight is 212 g/mol. The number of hydrogen-bond donors (Lipinski definition) is 1. The van der Waals surface area contributed by atoms with Gasteiger partial charge >= 0.3 is 6.03 Å². The van der Waals surface area contributed by atoms with Crippen LogP contribution in [0.1, 0.15) is 44.9 Å². The summed E-state index contributed by atoms with van der Waals surface area (Å²) in [7, 11) is 0. The minimum absolute atomic E-state index is 0.0573. The predicted molar refractivity (Wildman–Crippen MR) is 57.3 cm³/mol. The molecule has 0 aromatic heterocycles. The fourth-order valence-corrected chi connectivity index (χ4v) is 2.30. The van der Waals surface area contributed by atoms with Crippen LogP contribution < -0.4 is 5.48 Å². The van der Waals surface area contributed by atoms with Crippen LogP contribution in [-0.2, 0) is 4.84 Å². The number of carbonyl (C=O) groups excluding carboxylic acids is 1. The maximum atomic E-state index is 11.6. The van der Waals surface area contributed by atoms with E-state index in [0.29, 0.717) is 0 Å². The smallest absolute Gasteiger partial charge is 0.323 e. The number of hydrogen-bond acceptors (Lipinski definition) is 2. The molecule has 86 valence electrons. The first-order valence-electron chi connectivity index (χ1n) is 6.07. The minimum Gasteiger partial charge on any atom is -0.323 e. The fourth-order valence-electron chi connectivity index (χ4n) is 2.30. The van der Waals surface area contributed by atoms with E-state index < -0.39 is 0 Å². The monoisotopic (exact) mass is 212 g/mol. The van der Waals surface area contributed by atoms with Crippen LogP contribution in [0.25, 0.3) is 0 Å². The molecule has 2 amide bonds. The molecule has 1 saturated heterocycles. The molecule has 1 N–H and O–H groups in total. The summed E-state index contributed by atoms with van der Waals surface area (Å²) in [5.74, 6) is 0. The lowest BCUT2D eigenvalue weighted by Crippen LogP contribution is -2.40. The van der Waals surface area contributed by atoms with Crippen molar-refractivity contribution in [2.24, 2.45) is 0 Å². The molecule has 15 heavy (non-hydrogen) atoms. The predicted octanol–water partition coefficient (Wildman–Crippen LogP) is 2.06. The van der Waals surface area contributed by atoms with Gasteiger partial charge in [0.2, 0.25) is 0 Å². The van der Waals surface area contributed by atoms with Crippen LogP contribution in [-0.4, -0.2) is 30.1 Å². The second-order valence-corrected chi connectivity index (χ2v) is 4.48. The van der Waals surface area contributed by atoms with E-state index in [0.717, 1.165) is 38.8 Å². The van der Waals surface area contributed by atoms with Crippen molar-refractivity contribution in [2.45, 2.75) is 51.0 Å². The second kappa shape index (κ2) is 5.35. The van der Waals surface area contributed by atoms with Crippen molar-refractivity contribution in [1.29, 1.82) is 0 Å². The summed E-state index contributed by atoms with van der Waals surface area (Å²) >= 11 is 0. The highest BCUT2D eigenvalue weighted by Gasteiger charge is 2.20. The summed E-state index contributed by atoms with van der Waals surface area (Å²) in [5.41, 5.74) is 2.58.